The topological polar surface area (TPSA) is 49.6 Å². The molecule has 1 fully saturated rings. The number of amides is 2. The van der Waals surface area contributed by atoms with Crippen molar-refractivity contribution in [2.24, 2.45) is 0 Å². The van der Waals surface area contributed by atoms with Crippen LogP contribution in [-0.4, -0.2) is 30.6 Å². The molecule has 0 radical (unpaired) electrons. The highest BCUT2D eigenvalue weighted by Gasteiger charge is 2.28. The van der Waals surface area contributed by atoms with Gasteiger partial charge in [0, 0.05) is 31.0 Å². The summed E-state index contributed by atoms with van der Waals surface area (Å²) in [6, 6.07) is 9.66. The Morgan fingerprint density at radius 1 is 1.15 bits per heavy atom. The van der Waals surface area contributed by atoms with Crippen LogP contribution >= 0.6 is 11.3 Å². The number of thiophene rings is 1. The Bertz CT molecular complexity index is 580. The maximum absolute atomic E-state index is 12.4. The first kappa shape index (κ1) is 13.0. The van der Waals surface area contributed by atoms with Crippen molar-refractivity contribution < 1.29 is 4.79 Å². The normalized spacial score (nSPS) is 15.1. The SMILES string of the molecule is Nc1ccc(N2CCN(CCc3ccsc3)C2=O)cc1. The maximum Gasteiger partial charge on any atom is 0.324 e. The minimum Gasteiger partial charge on any atom is -0.399 e. The quantitative estimate of drug-likeness (QED) is 0.879. The molecule has 0 spiro atoms. The number of nitrogens with two attached hydrogens (primary N) is 1. The molecular weight excluding hydrogens is 270 g/mol. The van der Waals surface area contributed by atoms with Gasteiger partial charge in [-0.25, -0.2) is 4.79 Å². The number of urea groups is 1. The number of nitrogens with zero attached hydrogens (tertiary/aromatic N) is 2. The fraction of sp³-hybridized carbons (Fsp3) is 0.267. The fourth-order valence-electron chi connectivity index (χ4n) is 2.38. The molecule has 0 unspecified atom stereocenters. The van der Waals surface area contributed by atoms with Gasteiger partial charge in [0.25, 0.3) is 0 Å². The second-order valence-electron chi connectivity index (χ2n) is 4.89. The number of carbonyl (C=O) groups excluding carboxylic acids is 1. The van der Waals surface area contributed by atoms with Crippen LogP contribution in [-0.2, 0) is 6.42 Å². The van der Waals surface area contributed by atoms with Gasteiger partial charge in [0.1, 0.15) is 0 Å². The molecule has 0 aliphatic carbocycles. The molecule has 104 valence electrons. The summed E-state index contributed by atoms with van der Waals surface area (Å²) in [5.41, 5.74) is 8.61. The lowest BCUT2D eigenvalue weighted by atomic mass is 10.2. The van der Waals surface area contributed by atoms with Crippen molar-refractivity contribution in [2.45, 2.75) is 6.42 Å². The number of rotatable bonds is 4. The number of benzene rings is 1. The van der Waals surface area contributed by atoms with Crippen LogP contribution in [0.4, 0.5) is 16.2 Å². The number of nitrogen functional groups attached to an aromatic ring is 1. The molecule has 0 atom stereocenters. The van der Waals surface area contributed by atoms with E-state index < -0.39 is 0 Å². The third-order valence-corrected chi connectivity index (χ3v) is 4.28. The van der Waals surface area contributed by atoms with E-state index in [0.29, 0.717) is 0 Å². The van der Waals surface area contributed by atoms with Crippen molar-refractivity contribution in [2.75, 3.05) is 30.3 Å². The smallest absolute Gasteiger partial charge is 0.324 e. The summed E-state index contributed by atoms with van der Waals surface area (Å²) >= 11 is 1.70. The van der Waals surface area contributed by atoms with Crippen LogP contribution in [0.5, 0.6) is 0 Å². The minimum absolute atomic E-state index is 0.0880. The predicted molar refractivity (Wildman–Crippen MR) is 83.2 cm³/mol. The van der Waals surface area contributed by atoms with Gasteiger partial charge in [-0.05, 0) is 53.1 Å². The van der Waals surface area contributed by atoms with E-state index >= 15 is 0 Å². The van der Waals surface area contributed by atoms with Crippen molar-refractivity contribution >= 4 is 28.7 Å². The molecule has 1 saturated heterocycles. The highest BCUT2D eigenvalue weighted by Crippen LogP contribution is 2.21. The number of carbonyl (C=O) groups is 1. The third kappa shape index (κ3) is 2.63. The molecule has 5 heteroatoms. The van der Waals surface area contributed by atoms with Crippen molar-refractivity contribution in [1.29, 1.82) is 0 Å². The van der Waals surface area contributed by atoms with Gasteiger partial charge in [-0.15, -0.1) is 0 Å². The molecule has 0 saturated carbocycles. The predicted octanol–water partition coefficient (Wildman–Crippen LogP) is 2.82. The van der Waals surface area contributed by atoms with Crippen molar-refractivity contribution in [3.63, 3.8) is 0 Å². The molecule has 20 heavy (non-hydrogen) atoms. The van der Waals surface area contributed by atoms with Gasteiger partial charge < -0.3 is 10.6 Å². The summed E-state index contributed by atoms with van der Waals surface area (Å²) in [7, 11) is 0. The molecule has 2 N–H and O–H groups in total. The van der Waals surface area contributed by atoms with Gasteiger partial charge in [-0.1, -0.05) is 0 Å². The van der Waals surface area contributed by atoms with Crippen LogP contribution in [0.1, 0.15) is 5.56 Å². The zero-order chi connectivity index (χ0) is 13.9. The van der Waals surface area contributed by atoms with E-state index in [-0.39, 0.29) is 6.03 Å². The summed E-state index contributed by atoms with van der Waals surface area (Å²) < 4.78 is 0. The van der Waals surface area contributed by atoms with Crippen LogP contribution in [0.25, 0.3) is 0 Å². The second-order valence-corrected chi connectivity index (χ2v) is 5.67. The average molecular weight is 287 g/mol. The number of hydrogen-bond acceptors (Lipinski definition) is 3. The zero-order valence-corrected chi connectivity index (χ0v) is 12.0. The molecule has 1 aromatic heterocycles. The van der Waals surface area contributed by atoms with E-state index in [1.807, 2.05) is 34.1 Å². The Balaban J connectivity index is 1.63. The van der Waals surface area contributed by atoms with Gasteiger partial charge in [0.15, 0.2) is 0 Å². The van der Waals surface area contributed by atoms with Crippen LogP contribution in [0, 0.1) is 0 Å². The van der Waals surface area contributed by atoms with E-state index in [2.05, 4.69) is 16.8 Å². The Morgan fingerprint density at radius 3 is 2.65 bits per heavy atom. The minimum atomic E-state index is 0.0880. The summed E-state index contributed by atoms with van der Waals surface area (Å²) in [4.78, 5) is 16.1. The summed E-state index contributed by atoms with van der Waals surface area (Å²) in [6.45, 7) is 2.31. The maximum atomic E-state index is 12.4. The van der Waals surface area contributed by atoms with Crippen molar-refractivity contribution in [3.05, 3.63) is 46.7 Å². The highest BCUT2D eigenvalue weighted by atomic mass is 32.1. The Labute approximate surface area is 122 Å². The first-order valence-corrected chi connectivity index (χ1v) is 7.61. The van der Waals surface area contributed by atoms with Crippen LogP contribution in [0.15, 0.2) is 41.1 Å². The molecular formula is C15H17N3OS. The molecule has 1 aliphatic heterocycles. The van der Waals surface area contributed by atoms with E-state index in [4.69, 9.17) is 5.73 Å². The molecule has 2 aromatic rings. The van der Waals surface area contributed by atoms with Crippen LogP contribution in [0.3, 0.4) is 0 Å². The monoisotopic (exact) mass is 287 g/mol. The van der Waals surface area contributed by atoms with Gasteiger partial charge in [-0.2, -0.15) is 11.3 Å². The molecule has 3 rings (SSSR count). The number of anilines is 2. The highest BCUT2D eigenvalue weighted by molar-refractivity contribution is 7.07. The Hall–Kier alpha value is -2.01. The van der Waals surface area contributed by atoms with Crippen molar-refractivity contribution in [1.82, 2.24) is 4.90 Å². The zero-order valence-electron chi connectivity index (χ0n) is 11.2. The number of hydrogen-bond donors (Lipinski definition) is 1. The largest absolute Gasteiger partial charge is 0.399 e. The molecule has 1 aromatic carbocycles. The Morgan fingerprint density at radius 2 is 1.95 bits per heavy atom. The van der Waals surface area contributed by atoms with Crippen LogP contribution in [0.2, 0.25) is 0 Å². The first-order chi connectivity index (χ1) is 9.74. The molecule has 0 bridgehead atoms. The Kier molecular flexibility index (Phi) is 3.60. The van der Waals surface area contributed by atoms with Gasteiger partial charge in [-0.3, -0.25) is 4.90 Å². The summed E-state index contributed by atoms with van der Waals surface area (Å²) in [6.07, 6.45) is 0.921. The van der Waals surface area contributed by atoms with E-state index in [0.717, 1.165) is 37.4 Å². The average Bonchev–Trinajstić information content (AvgIpc) is 3.08. The fourth-order valence-corrected chi connectivity index (χ4v) is 3.09. The molecule has 2 amide bonds. The first-order valence-electron chi connectivity index (χ1n) is 6.67. The third-order valence-electron chi connectivity index (χ3n) is 3.55. The van der Waals surface area contributed by atoms with E-state index in [1.165, 1.54) is 5.56 Å². The van der Waals surface area contributed by atoms with Crippen LogP contribution < -0.4 is 10.6 Å². The van der Waals surface area contributed by atoms with E-state index in [9.17, 15) is 4.79 Å². The summed E-state index contributed by atoms with van der Waals surface area (Å²) in [5.74, 6) is 0. The van der Waals surface area contributed by atoms with Crippen molar-refractivity contribution in [3.8, 4) is 0 Å². The van der Waals surface area contributed by atoms with Gasteiger partial charge in [0.2, 0.25) is 0 Å². The lowest BCUT2D eigenvalue weighted by Gasteiger charge is -2.18. The lowest BCUT2D eigenvalue weighted by Crippen LogP contribution is -2.33. The molecule has 1 aliphatic rings. The molecule has 4 nitrogen and oxygen atoms in total. The van der Waals surface area contributed by atoms with Gasteiger partial charge >= 0.3 is 6.03 Å². The standard InChI is InChI=1S/C15H17N3OS/c16-13-1-3-14(4-2-13)18-9-8-17(15(18)19)7-5-12-6-10-20-11-12/h1-4,6,10-11H,5,7-9,16H2. The lowest BCUT2D eigenvalue weighted by molar-refractivity contribution is 0.221. The summed E-state index contributed by atoms with van der Waals surface area (Å²) in [5, 5.41) is 4.21. The second kappa shape index (κ2) is 5.54. The molecule has 2 heterocycles. The van der Waals surface area contributed by atoms with E-state index in [1.54, 1.807) is 11.3 Å². The van der Waals surface area contributed by atoms with Gasteiger partial charge in [0.05, 0.1) is 0 Å².